The summed E-state index contributed by atoms with van der Waals surface area (Å²) in [7, 11) is 1.91. The fourth-order valence-corrected chi connectivity index (χ4v) is 5.64. The molecule has 2 atom stereocenters. The molecular weight excluding hydrogens is 404 g/mol. The van der Waals surface area contributed by atoms with Crippen molar-refractivity contribution < 1.29 is 22.7 Å². The number of ether oxygens (including phenoxy) is 2. The van der Waals surface area contributed by atoms with E-state index in [0.717, 1.165) is 51.4 Å². The number of hydrogen-bond acceptors (Lipinski definition) is 6. The second kappa shape index (κ2) is 9.34. The summed E-state index contributed by atoms with van der Waals surface area (Å²) in [4.78, 5) is 17.7. The predicted octanol–water partition coefficient (Wildman–Crippen LogP) is 2.56. The van der Waals surface area contributed by atoms with Crippen molar-refractivity contribution in [1.29, 1.82) is 0 Å². The second-order valence-electron chi connectivity index (χ2n) is 8.43. The van der Waals surface area contributed by atoms with Gasteiger partial charge in [-0.3, -0.25) is 9.69 Å². The van der Waals surface area contributed by atoms with Crippen LogP contribution in [0.1, 0.15) is 48.9 Å². The van der Waals surface area contributed by atoms with Gasteiger partial charge < -0.3 is 14.4 Å². The van der Waals surface area contributed by atoms with Crippen LogP contribution in [0.5, 0.6) is 0 Å². The molecule has 30 heavy (non-hydrogen) atoms. The maximum absolute atomic E-state index is 13.3. The number of likely N-dealkylation sites (tertiary alicyclic amines) is 1. The number of nitrogens with zero attached hydrogens (tertiary/aromatic N) is 2. The van der Waals surface area contributed by atoms with Crippen molar-refractivity contribution in [3.63, 3.8) is 0 Å². The highest BCUT2D eigenvalue weighted by atomic mass is 32.2. The van der Waals surface area contributed by atoms with Gasteiger partial charge in [0, 0.05) is 39.5 Å². The minimum Gasteiger partial charge on any atom is -0.352 e. The summed E-state index contributed by atoms with van der Waals surface area (Å²) in [5, 5.41) is 0. The minimum absolute atomic E-state index is 0.0502. The van der Waals surface area contributed by atoms with E-state index in [-0.39, 0.29) is 22.9 Å². The van der Waals surface area contributed by atoms with Crippen molar-refractivity contribution >= 4 is 15.7 Å². The summed E-state index contributed by atoms with van der Waals surface area (Å²) < 4.78 is 35.3. The van der Waals surface area contributed by atoms with Gasteiger partial charge in [-0.25, -0.2) is 8.42 Å². The minimum atomic E-state index is -3.30. The molecule has 7 nitrogen and oxygen atoms in total. The Hall–Kier alpha value is -1.48. The average Bonchev–Trinajstić information content (AvgIpc) is 2.77. The van der Waals surface area contributed by atoms with Gasteiger partial charge in [0.2, 0.25) is 0 Å². The molecule has 1 aromatic rings. The lowest BCUT2D eigenvalue weighted by atomic mass is 9.81. The number of hydrogen-bond donors (Lipinski definition) is 0. The molecule has 0 radical (unpaired) electrons. The summed E-state index contributed by atoms with van der Waals surface area (Å²) in [6, 6.07) is 6.06. The van der Waals surface area contributed by atoms with Crippen molar-refractivity contribution in [2.45, 2.75) is 61.3 Å². The number of piperidine rings is 1. The van der Waals surface area contributed by atoms with Crippen LogP contribution in [0.2, 0.25) is 0 Å². The number of carbonyl (C=O) groups excluding carboxylic acids is 1. The summed E-state index contributed by atoms with van der Waals surface area (Å²) in [5.41, 5.74) is 0.480. The monoisotopic (exact) mass is 438 g/mol. The predicted molar refractivity (Wildman–Crippen MR) is 115 cm³/mol. The number of amides is 1. The third-order valence-corrected chi connectivity index (χ3v) is 7.79. The lowest BCUT2D eigenvalue weighted by Crippen LogP contribution is -2.67. The number of methoxy groups -OCH3 is 2. The third-order valence-electron chi connectivity index (χ3n) is 6.66. The van der Waals surface area contributed by atoms with Gasteiger partial charge in [-0.05, 0) is 63.0 Å². The molecule has 0 aromatic heterocycles. The van der Waals surface area contributed by atoms with Crippen LogP contribution in [0.3, 0.4) is 0 Å². The molecule has 2 fully saturated rings. The maximum atomic E-state index is 13.3. The summed E-state index contributed by atoms with van der Waals surface area (Å²) in [6.07, 6.45) is 7.23. The molecule has 1 aromatic carbocycles. The zero-order chi connectivity index (χ0) is 21.9. The highest BCUT2D eigenvalue weighted by Crippen LogP contribution is 2.39. The van der Waals surface area contributed by atoms with Crippen LogP contribution in [0.4, 0.5) is 0 Å². The van der Waals surface area contributed by atoms with E-state index in [1.165, 1.54) is 18.6 Å². The fraction of sp³-hybridized carbons (Fsp3) is 0.682. The molecule has 1 aliphatic carbocycles. The van der Waals surface area contributed by atoms with E-state index in [9.17, 15) is 13.2 Å². The lowest BCUT2D eigenvalue weighted by molar-refractivity contribution is -0.268. The van der Waals surface area contributed by atoms with E-state index in [1.807, 2.05) is 7.05 Å². The first-order valence-electron chi connectivity index (χ1n) is 10.6. The molecule has 0 N–H and O–H groups in total. The van der Waals surface area contributed by atoms with Crippen molar-refractivity contribution in [1.82, 2.24) is 9.80 Å². The molecule has 8 heteroatoms. The molecule has 0 spiro atoms. The molecule has 1 saturated heterocycles. The summed E-state index contributed by atoms with van der Waals surface area (Å²) >= 11 is 0. The van der Waals surface area contributed by atoms with Gasteiger partial charge in [-0.1, -0.05) is 6.42 Å². The van der Waals surface area contributed by atoms with E-state index in [4.69, 9.17) is 9.47 Å². The molecule has 2 unspecified atom stereocenters. The maximum Gasteiger partial charge on any atom is 0.253 e. The molecule has 1 aliphatic heterocycles. The van der Waals surface area contributed by atoms with Crippen molar-refractivity contribution in [3.8, 4) is 0 Å². The van der Waals surface area contributed by atoms with Gasteiger partial charge in [-0.2, -0.15) is 0 Å². The Morgan fingerprint density at radius 3 is 2.20 bits per heavy atom. The Morgan fingerprint density at radius 1 is 1.07 bits per heavy atom. The Balaban J connectivity index is 1.89. The molecule has 168 valence electrons. The number of likely N-dealkylation sites (N-methyl/N-ethyl adjacent to an activating group) is 1. The van der Waals surface area contributed by atoms with Gasteiger partial charge >= 0.3 is 0 Å². The molecule has 2 aliphatic rings. The van der Waals surface area contributed by atoms with Crippen LogP contribution in [0.25, 0.3) is 0 Å². The molecule has 1 heterocycles. The normalized spacial score (nSPS) is 25.1. The number of benzene rings is 1. The van der Waals surface area contributed by atoms with E-state index in [0.29, 0.717) is 5.56 Å². The van der Waals surface area contributed by atoms with Crippen molar-refractivity contribution in [3.05, 3.63) is 29.8 Å². The average molecular weight is 439 g/mol. The van der Waals surface area contributed by atoms with Crippen LogP contribution >= 0.6 is 0 Å². The smallest absolute Gasteiger partial charge is 0.253 e. The van der Waals surface area contributed by atoms with Crippen LogP contribution < -0.4 is 0 Å². The first-order chi connectivity index (χ1) is 14.2. The highest BCUT2D eigenvalue weighted by Gasteiger charge is 2.51. The highest BCUT2D eigenvalue weighted by molar-refractivity contribution is 7.90. The third kappa shape index (κ3) is 4.56. The molecule has 1 amide bonds. The van der Waals surface area contributed by atoms with Crippen molar-refractivity contribution in [2.75, 3.05) is 40.6 Å². The van der Waals surface area contributed by atoms with Crippen molar-refractivity contribution in [2.24, 2.45) is 0 Å². The standard InChI is InChI=1S/C22H34N2O5S/c1-23(21(25)17-10-12-18(13-11-17)30(4,26)27)19-9-8-14-22(28-2,29-3)20(19)24-15-6-5-7-16-24/h10-13,19-20H,5-9,14-16H2,1-4H3. The number of rotatable bonds is 6. The zero-order valence-electron chi connectivity index (χ0n) is 18.5. The first kappa shape index (κ1) is 23.2. The largest absolute Gasteiger partial charge is 0.352 e. The Labute approximate surface area is 180 Å². The second-order valence-corrected chi connectivity index (χ2v) is 10.4. The zero-order valence-corrected chi connectivity index (χ0v) is 19.3. The van der Waals surface area contributed by atoms with E-state index in [2.05, 4.69) is 4.90 Å². The van der Waals surface area contributed by atoms with Gasteiger partial charge in [0.1, 0.15) is 0 Å². The van der Waals surface area contributed by atoms with Crippen LogP contribution in [0.15, 0.2) is 29.2 Å². The van der Waals surface area contributed by atoms with Crippen LogP contribution in [-0.4, -0.2) is 82.6 Å². The Bertz CT molecular complexity index is 830. The summed E-state index contributed by atoms with van der Waals surface area (Å²) in [5.74, 6) is -0.861. The quantitative estimate of drug-likeness (QED) is 0.636. The molecule has 3 rings (SSSR count). The van der Waals surface area contributed by atoms with E-state index in [1.54, 1.807) is 31.3 Å². The Morgan fingerprint density at radius 2 is 1.67 bits per heavy atom. The van der Waals surface area contributed by atoms with E-state index >= 15 is 0 Å². The van der Waals surface area contributed by atoms with Crippen LogP contribution in [-0.2, 0) is 19.3 Å². The first-order valence-corrected chi connectivity index (χ1v) is 12.5. The van der Waals surface area contributed by atoms with E-state index < -0.39 is 15.6 Å². The SMILES string of the molecule is COC1(OC)CCCC(N(C)C(=O)c2ccc(S(C)(=O)=O)cc2)C1N1CCCCC1. The molecular formula is C22H34N2O5S. The molecule has 0 bridgehead atoms. The van der Waals surface area contributed by atoms with Gasteiger partial charge in [0.25, 0.3) is 5.91 Å². The summed E-state index contributed by atoms with van der Waals surface area (Å²) in [6.45, 7) is 1.95. The fourth-order valence-electron chi connectivity index (χ4n) is 5.01. The lowest BCUT2D eigenvalue weighted by Gasteiger charge is -2.53. The number of sulfone groups is 1. The number of carbonyl (C=O) groups is 1. The van der Waals surface area contributed by atoms with Gasteiger partial charge in [0.15, 0.2) is 15.6 Å². The van der Waals surface area contributed by atoms with Crippen LogP contribution in [0, 0.1) is 0 Å². The Kier molecular flexibility index (Phi) is 7.22. The van der Waals surface area contributed by atoms with Gasteiger partial charge in [0.05, 0.1) is 17.0 Å². The topological polar surface area (TPSA) is 76.1 Å². The van der Waals surface area contributed by atoms with Gasteiger partial charge in [-0.15, -0.1) is 0 Å². The molecule has 1 saturated carbocycles.